The van der Waals surface area contributed by atoms with Crippen molar-refractivity contribution in [3.63, 3.8) is 0 Å². The number of nitrogens with one attached hydrogen (secondary N) is 2. The van der Waals surface area contributed by atoms with Gasteiger partial charge in [0.15, 0.2) is 0 Å². The second-order valence-corrected chi connectivity index (χ2v) is 10.6. The third-order valence-electron chi connectivity index (χ3n) is 5.29. The van der Waals surface area contributed by atoms with Crippen LogP contribution in [0.1, 0.15) is 49.1 Å². The Morgan fingerprint density at radius 2 is 1.52 bits per heavy atom. The molecule has 0 aliphatic heterocycles. The molecular weight excluding hydrogens is 428 g/mol. The summed E-state index contributed by atoms with van der Waals surface area (Å²) >= 11 is 1.49. The van der Waals surface area contributed by atoms with Crippen LogP contribution in [0, 0.1) is 19.3 Å². The van der Waals surface area contributed by atoms with Gasteiger partial charge < -0.3 is 10.6 Å². The van der Waals surface area contributed by atoms with Gasteiger partial charge in [0, 0.05) is 22.7 Å². The molecule has 3 aromatic carbocycles. The number of thioether (sulfide) groups is 1. The van der Waals surface area contributed by atoms with Crippen molar-refractivity contribution >= 4 is 35.0 Å². The van der Waals surface area contributed by atoms with E-state index in [1.807, 2.05) is 107 Å². The SMILES string of the molecule is Cc1cccc(NC(=O)C(Sc2ccc(NC(=O)CC(C)(C)C)cc2)c2ccccc2)c1C. The molecule has 0 saturated carbocycles. The second-order valence-electron chi connectivity index (χ2n) is 9.46. The summed E-state index contributed by atoms with van der Waals surface area (Å²) < 4.78 is 0. The van der Waals surface area contributed by atoms with Gasteiger partial charge in [-0.15, -0.1) is 11.8 Å². The van der Waals surface area contributed by atoms with Gasteiger partial charge in [-0.1, -0.05) is 63.2 Å². The first-order valence-electron chi connectivity index (χ1n) is 11.1. The normalized spacial score (nSPS) is 12.2. The molecule has 1 atom stereocenters. The van der Waals surface area contributed by atoms with E-state index in [9.17, 15) is 9.59 Å². The molecule has 2 N–H and O–H groups in total. The van der Waals surface area contributed by atoms with Crippen molar-refractivity contribution < 1.29 is 9.59 Å². The van der Waals surface area contributed by atoms with Crippen LogP contribution in [0.15, 0.2) is 77.7 Å². The zero-order valence-corrected chi connectivity index (χ0v) is 20.8. The molecule has 5 heteroatoms. The largest absolute Gasteiger partial charge is 0.326 e. The van der Waals surface area contributed by atoms with Gasteiger partial charge in [0.1, 0.15) is 5.25 Å². The molecule has 0 saturated heterocycles. The molecule has 0 radical (unpaired) electrons. The third-order valence-corrected chi connectivity index (χ3v) is 6.55. The topological polar surface area (TPSA) is 58.2 Å². The zero-order chi connectivity index (χ0) is 24.0. The molecule has 0 spiro atoms. The van der Waals surface area contributed by atoms with E-state index in [1.165, 1.54) is 11.8 Å². The Labute approximate surface area is 201 Å². The molecule has 0 aromatic heterocycles. The molecular formula is C28H32N2O2S. The fourth-order valence-electron chi connectivity index (χ4n) is 3.43. The lowest BCUT2D eigenvalue weighted by atomic mass is 9.92. The Bertz CT molecular complexity index is 1100. The maximum absolute atomic E-state index is 13.3. The van der Waals surface area contributed by atoms with E-state index in [-0.39, 0.29) is 17.2 Å². The fraction of sp³-hybridized carbons (Fsp3) is 0.286. The standard InChI is InChI=1S/C28H32N2O2S/c1-19-10-9-13-24(20(19)2)30-27(32)26(21-11-7-6-8-12-21)33-23-16-14-22(15-17-23)29-25(31)18-28(3,4)5/h6-17,26H,18H2,1-5H3,(H,29,31)(H,30,32). The van der Waals surface area contributed by atoms with Gasteiger partial charge in [0.25, 0.3) is 0 Å². The van der Waals surface area contributed by atoms with Gasteiger partial charge in [0.05, 0.1) is 0 Å². The van der Waals surface area contributed by atoms with E-state index >= 15 is 0 Å². The van der Waals surface area contributed by atoms with E-state index in [1.54, 1.807) is 0 Å². The molecule has 2 amide bonds. The highest BCUT2D eigenvalue weighted by molar-refractivity contribution is 8.00. The number of anilines is 2. The molecule has 3 aromatic rings. The van der Waals surface area contributed by atoms with Crippen molar-refractivity contribution in [3.05, 3.63) is 89.5 Å². The maximum Gasteiger partial charge on any atom is 0.242 e. The first kappa shape index (κ1) is 24.6. The number of carbonyl (C=O) groups excluding carboxylic acids is 2. The zero-order valence-electron chi connectivity index (χ0n) is 19.9. The van der Waals surface area contributed by atoms with Gasteiger partial charge in [-0.3, -0.25) is 9.59 Å². The minimum Gasteiger partial charge on any atom is -0.326 e. The van der Waals surface area contributed by atoms with E-state index < -0.39 is 5.25 Å². The maximum atomic E-state index is 13.3. The molecule has 0 aliphatic carbocycles. The first-order valence-corrected chi connectivity index (χ1v) is 12.0. The van der Waals surface area contributed by atoms with Crippen molar-refractivity contribution in [2.24, 2.45) is 5.41 Å². The number of benzene rings is 3. The van der Waals surface area contributed by atoms with Crippen molar-refractivity contribution in [1.29, 1.82) is 0 Å². The van der Waals surface area contributed by atoms with Crippen LogP contribution in [0.4, 0.5) is 11.4 Å². The number of hydrogen-bond donors (Lipinski definition) is 2. The summed E-state index contributed by atoms with van der Waals surface area (Å²) in [4.78, 5) is 26.5. The Morgan fingerprint density at radius 1 is 0.848 bits per heavy atom. The lowest BCUT2D eigenvalue weighted by Gasteiger charge is -2.19. The van der Waals surface area contributed by atoms with Crippen LogP contribution >= 0.6 is 11.8 Å². The molecule has 0 aliphatic rings. The molecule has 0 fully saturated rings. The number of hydrogen-bond acceptors (Lipinski definition) is 3. The predicted molar refractivity (Wildman–Crippen MR) is 139 cm³/mol. The van der Waals surface area contributed by atoms with Gasteiger partial charge in [-0.25, -0.2) is 0 Å². The molecule has 1 unspecified atom stereocenters. The van der Waals surface area contributed by atoms with Gasteiger partial charge in [0.2, 0.25) is 11.8 Å². The first-order chi connectivity index (χ1) is 15.6. The minimum absolute atomic E-state index is 0.00188. The molecule has 3 rings (SSSR count). The van der Waals surface area contributed by atoms with E-state index in [0.717, 1.165) is 33.0 Å². The van der Waals surface area contributed by atoms with E-state index in [0.29, 0.717) is 6.42 Å². The summed E-state index contributed by atoms with van der Waals surface area (Å²) in [6.45, 7) is 10.2. The third kappa shape index (κ3) is 7.22. The predicted octanol–water partition coefficient (Wildman–Crippen LogP) is 7.15. The van der Waals surface area contributed by atoms with Crippen LogP contribution in [0.25, 0.3) is 0 Å². The van der Waals surface area contributed by atoms with Crippen LogP contribution in [-0.2, 0) is 9.59 Å². The van der Waals surface area contributed by atoms with Crippen LogP contribution < -0.4 is 10.6 Å². The van der Waals surface area contributed by atoms with Crippen LogP contribution in [0.5, 0.6) is 0 Å². The molecule has 4 nitrogen and oxygen atoms in total. The Balaban J connectivity index is 1.76. The summed E-state index contributed by atoms with van der Waals surface area (Å²) in [6, 6.07) is 23.4. The number of carbonyl (C=O) groups is 2. The Kier molecular flexibility index (Phi) is 7.98. The Morgan fingerprint density at radius 3 is 2.15 bits per heavy atom. The summed E-state index contributed by atoms with van der Waals surface area (Å²) in [6.07, 6.45) is 0.456. The fourth-order valence-corrected chi connectivity index (χ4v) is 4.45. The smallest absolute Gasteiger partial charge is 0.242 e. The highest BCUT2D eigenvalue weighted by Crippen LogP contribution is 2.37. The quantitative estimate of drug-likeness (QED) is 0.368. The highest BCUT2D eigenvalue weighted by atomic mass is 32.2. The van der Waals surface area contributed by atoms with Crippen molar-refractivity contribution in [3.8, 4) is 0 Å². The van der Waals surface area contributed by atoms with Crippen molar-refractivity contribution in [1.82, 2.24) is 0 Å². The Hall–Kier alpha value is -3.05. The summed E-state index contributed by atoms with van der Waals surface area (Å²) in [5, 5.41) is 5.65. The van der Waals surface area contributed by atoms with Crippen LogP contribution in [-0.4, -0.2) is 11.8 Å². The van der Waals surface area contributed by atoms with E-state index in [4.69, 9.17) is 0 Å². The number of amides is 2. The van der Waals surface area contributed by atoms with Crippen LogP contribution in [0.2, 0.25) is 0 Å². The van der Waals surface area contributed by atoms with Crippen LogP contribution in [0.3, 0.4) is 0 Å². The molecule has 172 valence electrons. The highest BCUT2D eigenvalue weighted by Gasteiger charge is 2.23. The molecule has 33 heavy (non-hydrogen) atoms. The van der Waals surface area contributed by atoms with Gasteiger partial charge in [-0.2, -0.15) is 0 Å². The number of rotatable bonds is 7. The minimum atomic E-state index is -0.410. The van der Waals surface area contributed by atoms with E-state index in [2.05, 4.69) is 10.6 Å². The van der Waals surface area contributed by atoms with Crippen molar-refractivity contribution in [2.75, 3.05) is 10.6 Å². The summed E-state index contributed by atoms with van der Waals surface area (Å²) in [5.41, 5.74) is 4.67. The molecule has 0 heterocycles. The van der Waals surface area contributed by atoms with Gasteiger partial charge in [-0.05, 0) is 66.3 Å². The average molecular weight is 461 g/mol. The average Bonchev–Trinajstić information content (AvgIpc) is 2.75. The number of aryl methyl sites for hydroxylation is 1. The van der Waals surface area contributed by atoms with Gasteiger partial charge >= 0.3 is 0 Å². The second kappa shape index (κ2) is 10.7. The lowest BCUT2D eigenvalue weighted by Crippen LogP contribution is -2.20. The summed E-state index contributed by atoms with van der Waals surface area (Å²) in [7, 11) is 0. The monoisotopic (exact) mass is 460 g/mol. The molecule has 0 bridgehead atoms. The lowest BCUT2D eigenvalue weighted by molar-refractivity contribution is -0.118. The van der Waals surface area contributed by atoms with Crippen molar-refractivity contribution in [2.45, 2.75) is 51.2 Å². The summed E-state index contributed by atoms with van der Waals surface area (Å²) in [5.74, 6) is -0.0691.